The third-order valence-electron chi connectivity index (χ3n) is 2.61. The van der Waals surface area contributed by atoms with E-state index < -0.39 is 0 Å². The average molecular weight is 205 g/mol. The van der Waals surface area contributed by atoms with Crippen molar-refractivity contribution in [2.45, 2.75) is 19.0 Å². The fraction of sp³-hybridized carbons (Fsp3) is 0.364. The Labute approximate surface area is 88.9 Å². The predicted molar refractivity (Wildman–Crippen MR) is 59.1 cm³/mol. The van der Waals surface area contributed by atoms with Crippen molar-refractivity contribution in [1.29, 1.82) is 0 Å². The Morgan fingerprint density at radius 3 is 2.93 bits per heavy atom. The zero-order valence-electron chi connectivity index (χ0n) is 8.49. The third-order valence-corrected chi connectivity index (χ3v) is 2.61. The minimum Gasteiger partial charge on any atom is -0.398 e. The second-order valence-corrected chi connectivity index (χ2v) is 3.78. The molecule has 0 aromatic heterocycles. The van der Waals surface area contributed by atoms with E-state index >= 15 is 0 Å². The first-order chi connectivity index (χ1) is 7.25. The lowest BCUT2D eigenvalue weighted by Gasteiger charge is -2.11. The van der Waals surface area contributed by atoms with E-state index in [1.807, 2.05) is 24.3 Å². The molecule has 1 fully saturated rings. The normalized spacial score (nSPS) is 20.3. The number of hydrogen-bond donors (Lipinski definition) is 3. The van der Waals surface area contributed by atoms with Gasteiger partial charge in [0.05, 0.1) is 0 Å². The van der Waals surface area contributed by atoms with E-state index in [0.717, 1.165) is 11.3 Å². The summed E-state index contributed by atoms with van der Waals surface area (Å²) >= 11 is 0. The van der Waals surface area contributed by atoms with Crippen LogP contribution in [0.2, 0.25) is 0 Å². The van der Waals surface area contributed by atoms with Crippen LogP contribution in [0.5, 0.6) is 0 Å². The number of rotatable bonds is 3. The standard InChI is InChI=1S/C11H15N3O/c12-10-4-2-1-3-8(10)6-13-9-5-11(15)14-7-9/h1-4,9,13H,5-7,12H2,(H,14,15). The molecule has 4 N–H and O–H groups in total. The Morgan fingerprint density at radius 1 is 1.47 bits per heavy atom. The molecule has 4 heteroatoms. The molecule has 0 bridgehead atoms. The lowest BCUT2D eigenvalue weighted by atomic mass is 10.1. The van der Waals surface area contributed by atoms with Crippen molar-refractivity contribution >= 4 is 11.6 Å². The van der Waals surface area contributed by atoms with Crippen LogP contribution >= 0.6 is 0 Å². The summed E-state index contributed by atoms with van der Waals surface area (Å²) in [5.74, 6) is 0.119. The first-order valence-corrected chi connectivity index (χ1v) is 5.09. The summed E-state index contributed by atoms with van der Waals surface area (Å²) in [5.41, 5.74) is 7.68. The maximum atomic E-state index is 11.0. The molecule has 80 valence electrons. The van der Waals surface area contributed by atoms with Crippen molar-refractivity contribution < 1.29 is 4.79 Å². The van der Waals surface area contributed by atoms with Gasteiger partial charge in [-0.2, -0.15) is 0 Å². The number of hydrogen-bond acceptors (Lipinski definition) is 3. The van der Waals surface area contributed by atoms with Gasteiger partial charge in [-0.25, -0.2) is 0 Å². The summed E-state index contributed by atoms with van der Waals surface area (Å²) in [4.78, 5) is 11.0. The maximum Gasteiger partial charge on any atom is 0.221 e. The zero-order chi connectivity index (χ0) is 10.7. The number of carbonyl (C=O) groups excluding carboxylic acids is 1. The molecule has 15 heavy (non-hydrogen) atoms. The van der Waals surface area contributed by atoms with E-state index in [0.29, 0.717) is 19.5 Å². The molecular weight excluding hydrogens is 190 g/mol. The summed E-state index contributed by atoms with van der Waals surface area (Å²) in [5, 5.41) is 6.09. The van der Waals surface area contributed by atoms with Gasteiger partial charge in [-0.3, -0.25) is 4.79 Å². The van der Waals surface area contributed by atoms with Gasteiger partial charge >= 0.3 is 0 Å². The molecular formula is C11H15N3O. The number of carbonyl (C=O) groups is 1. The van der Waals surface area contributed by atoms with Gasteiger partial charge in [-0.15, -0.1) is 0 Å². The maximum absolute atomic E-state index is 11.0. The van der Waals surface area contributed by atoms with Crippen molar-refractivity contribution in [3.8, 4) is 0 Å². The minimum atomic E-state index is 0.119. The third kappa shape index (κ3) is 2.47. The summed E-state index contributed by atoms with van der Waals surface area (Å²) in [6.45, 7) is 1.43. The topological polar surface area (TPSA) is 67.2 Å². The monoisotopic (exact) mass is 205 g/mol. The molecule has 1 unspecified atom stereocenters. The molecule has 1 heterocycles. The quantitative estimate of drug-likeness (QED) is 0.619. The Morgan fingerprint density at radius 2 is 2.27 bits per heavy atom. The van der Waals surface area contributed by atoms with Crippen molar-refractivity contribution in [3.05, 3.63) is 29.8 Å². The number of nitrogens with one attached hydrogen (secondary N) is 2. The van der Waals surface area contributed by atoms with E-state index in [2.05, 4.69) is 10.6 Å². The molecule has 1 aromatic carbocycles. The summed E-state index contributed by atoms with van der Waals surface area (Å²) in [6, 6.07) is 7.99. The van der Waals surface area contributed by atoms with E-state index in [1.165, 1.54) is 0 Å². The lowest BCUT2D eigenvalue weighted by molar-refractivity contribution is -0.119. The largest absolute Gasteiger partial charge is 0.398 e. The Balaban J connectivity index is 1.88. The van der Waals surface area contributed by atoms with Gasteiger partial charge in [-0.05, 0) is 11.6 Å². The molecule has 4 nitrogen and oxygen atoms in total. The van der Waals surface area contributed by atoms with Gasteiger partial charge in [0.25, 0.3) is 0 Å². The molecule has 2 rings (SSSR count). The molecule has 1 aromatic rings. The Bertz CT molecular complexity index is 365. The second kappa shape index (κ2) is 4.31. The fourth-order valence-electron chi connectivity index (χ4n) is 1.70. The van der Waals surface area contributed by atoms with E-state index in [-0.39, 0.29) is 11.9 Å². The smallest absolute Gasteiger partial charge is 0.221 e. The van der Waals surface area contributed by atoms with Gasteiger partial charge in [0.15, 0.2) is 0 Å². The van der Waals surface area contributed by atoms with Crippen LogP contribution in [0.1, 0.15) is 12.0 Å². The van der Waals surface area contributed by atoms with Gasteiger partial charge < -0.3 is 16.4 Å². The highest BCUT2D eigenvalue weighted by molar-refractivity contribution is 5.78. The number of nitrogens with two attached hydrogens (primary N) is 1. The van der Waals surface area contributed by atoms with Crippen molar-refractivity contribution in [2.75, 3.05) is 12.3 Å². The summed E-state index contributed by atoms with van der Waals surface area (Å²) in [7, 11) is 0. The highest BCUT2D eigenvalue weighted by Crippen LogP contribution is 2.10. The molecule has 1 aliphatic rings. The van der Waals surface area contributed by atoms with Gasteiger partial charge in [0.1, 0.15) is 0 Å². The van der Waals surface area contributed by atoms with Crippen molar-refractivity contribution in [2.24, 2.45) is 0 Å². The van der Waals surface area contributed by atoms with Crippen molar-refractivity contribution in [3.63, 3.8) is 0 Å². The SMILES string of the molecule is Nc1ccccc1CNC1CNC(=O)C1. The van der Waals surface area contributed by atoms with Crippen LogP contribution in [0.25, 0.3) is 0 Å². The summed E-state index contributed by atoms with van der Waals surface area (Å²) in [6.07, 6.45) is 0.562. The van der Waals surface area contributed by atoms with E-state index in [4.69, 9.17) is 5.73 Å². The van der Waals surface area contributed by atoms with Crippen LogP contribution < -0.4 is 16.4 Å². The van der Waals surface area contributed by atoms with Crippen LogP contribution in [0, 0.1) is 0 Å². The Kier molecular flexibility index (Phi) is 2.87. The second-order valence-electron chi connectivity index (χ2n) is 3.78. The highest BCUT2D eigenvalue weighted by Gasteiger charge is 2.20. The molecule has 1 saturated heterocycles. The fourth-order valence-corrected chi connectivity index (χ4v) is 1.70. The molecule has 1 atom stereocenters. The van der Waals surface area contributed by atoms with Crippen LogP contribution in [0.3, 0.4) is 0 Å². The number of nitrogen functional groups attached to an aromatic ring is 1. The lowest BCUT2D eigenvalue weighted by Crippen LogP contribution is -2.30. The highest BCUT2D eigenvalue weighted by atomic mass is 16.1. The van der Waals surface area contributed by atoms with Crippen LogP contribution in [-0.2, 0) is 11.3 Å². The van der Waals surface area contributed by atoms with Crippen LogP contribution in [-0.4, -0.2) is 18.5 Å². The number of para-hydroxylation sites is 1. The van der Waals surface area contributed by atoms with Crippen LogP contribution in [0.15, 0.2) is 24.3 Å². The van der Waals surface area contributed by atoms with Gasteiger partial charge in [-0.1, -0.05) is 18.2 Å². The van der Waals surface area contributed by atoms with E-state index in [1.54, 1.807) is 0 Å². The average Bonchev–Trinajstić information content (AvgIpc) is 2.63. The minimum absolute atomic E-state index is 0.119. The first-order valence-electron chi connectivity index (χ1n) is 5.09. The predicted octanol–water partition coefficient (Wildman–Crippen LogP) is 0.247. The zero-order valence-corrected chi connectivity index (χ0v) is 8.49. The number of amides is 1. The molecule has 0 aliphatic carbocycles. The molecule has 0 radical (unpaired) electrons. The molecule has 1 aliphatic heterocycles. The van der Waals surface area contributed by atoms with Gasteiger partial charge in [0, 0.05) is 31.2 Å². The Hall–Kier alpha value is -1.55. The first kappa shape index (κ1) is 9.98. The van der Waals surface area contributed by atoms with Crippen LogP contribution in [0.4, 0.5) is 5.69 Å². The summed E-state index contributed by atoms with van der Waals surface area (Å²) < 4.78 is 0. The van der Waals surface area contributed by atoms with Gasteiger partial charge in [0.2, 0.25) is 5.91 Å². The molecule has 0 saturated carbocycles. The van der Waals surface area contributed by atoms with Crippen molar-refractivity contribution in [1.82, 2.24) is 10.6 Å². The molecule has 0 spiro atoms. The number of benzene rings is 1. The number of anilines is 1. The molecule has 1 amide bonds. The van der Waals surface area contributed by atoms with E-state index in [9.17, 15) is 4.79 Å².